The van der Waals surface area contributed by atoms with Gasteiger partial charge in [-0.25, -0.2) is 14.2 Å². The van der Waals surface area contributed by atoms with Crippen molar-refractivity contribution >= 4 is 11.7 Å². The number of hydrogen-bond acceptors (Lipinski definition) is 5. The van der Waals surface area contributed by atoms with Crippen LogP contribution in [0.3, 0.4) is 0 Å². The summed E-state index contributed by atoms with van der Waals surface area (Å²) in [7, 11) is 1.45. The molecule has 0 atom stereocenters. The number of aryl methyl sites for hydroxylation is 1. The number of ether oxygens (including phenoxy) is 1. The maximum atomic E-state index is 13.5. The Kier molecular flexibility index (Phi) is 5.06. The Morgan fingerprint density at radius 3 is 2.76 bits per heavy atom. The van der Waals surface area contributed by atoms with Crippen molar-refractivity contribution in [1.29, 1.82) is 0 Å². The van der Waals surface area contributed by atoms with Crippen molar-refractivity contribution in [2.45, 2.75) is 13.5 Å². The molecule has 1 N–H and O–H groups in total. The van der Waals surface area contributed by atoms with Crippen molar-refractivity contribution in [3.05, 3.63) is 41.9 Å². The van der Waals surface area contributed by atoms with Crippen LogP contribution in [0.4, 0.5) is 14.9 Å². The molecule has 2 heterocycles. The summed E-state index contributed by atoms with van der Waals surface area (Å²) in [5, 5.41) is 2.85. The van der Waals surface area contributed by atoms with Gasteiger partial charge in [-0.2, -0.15) is 0 Å². The second-order valence-corrected chi connectivity index (χ2v) is 5.81. The first-order chi connectivity index (χ1) is 12.1. The van der Waals surface area contributed by atoms with E-state index < -0.39 is 0 Å². The fourth-order valence-corrected chi connectivity index (χ4v) is 2.78. The Hall–Kier alpha value is -2.77. The molecule has 8 heteroatoms. The quantitative estimate of drug-likeness (QED) is 0.917. The van der Waals surface area contributed by atoms with Crippen LogP contribution >= 0.6 is 0 Å². The molecule has 3 rings (SSSR count). The summed E-state index contributed by atoms with van der Waals surface area (Å²) in [4.78, 5) is 20.2. The molecule has 1 aromatic heterocycles. The molecular formula is C17H21FN4O3. The number of benzene rings is 1. The van der Waals surface area contributed by atoms with Gasteiger partial charge in [0.25, 0.3) is 0 Å². The van der Waals surface area contributed by atoms with Crippen molar-refractivity contribution < 1.29 is 18.3 Å². The van der Waals surface area contributed by atoms with Gasteiger partial charge in [0, 0.05) is 37.9 Å². The first-order valence-corrected chi connectivity index (χ1v) is 8.08. The summed E-state index contributed by atoms with van der Waals surface area (Å²) < 4.78 is 23.7. The predicted molar refractivity (Wildman–Crippen MR) is 90.2 cm³/mol. The summed E-state index contributed by atoms with van der Waals surface area (Å²) in [5.74, 6) is 0.545. The van der Waals surface area contributed by atoms with E-state index in [-0.39, 0.29) is 17.6 Å². The summed E-state index contributed by atoms with van der Waals surface area (Å²) in [6, 6.07) is 4.67. The molecule has 0 saturated carbocycles. The molecule has 7 nitrogen and oxygen atoms in total. The first-order valence-electron chi connectivity index (χ1n) is 8.08. The topological polar surface area (TPSA) is 70.8 Å². The molecule has 0 bridgehead atoms. The fourth-order valence-electron chi connectivity index (χ4n) is 2.78. The Bertz CT molecular complexity index is 741. The predicted octanol–water partition coefficient (Wildman–Crippen LogP) is 2.16. The third-order valence-corrected chi connectivity index (χ3v) is 4.32. The number of carbonyl (C=O) groups is 1. The second kappa shape index (κ2) is 7.42. The molecule has 1 saturated heterocycles. The minimum absolute atomic E-state index is 0.126. The molecule has 0 radical (unpaired) electrons. The van der Waals surface area contributed by atoms with E-state index in [1.165, 1.54) is 19.6 Å². The number of anilines is 1. The Labute approximate surface area is 145 Å². The molecule has 1 fully saturated rings. The van der Waals surface area contributed by atoms with Gasteiger partial charge in [-0.05, 0) is 19.1 Å². The lowest BCUT2D eigenvalue weighted by atomic mass is 10.2. The van der Waals surface area contributed by atoms with Crippen LogP contribution in [0.25, 0.3) is 0 Å². The molecule has 0 unspecified atom stereocenters. The van der Waals surface area contributed by atoms with Crippen molar-refractivity contribution in [3.8, 4) is 5.75 Å². The highest BCUT2D eigenvalue weighted by Crippen LogP contribution is 2.25. The average molecular weight is 348 g/mol. The summed E-state index contributed by atoms with van der Waals surface area (Å²) >= 11 is 0. The molecule has 1 aliphatic heterocycles. The van der Waals surface area contributed by atoms with Crippen molar-refractivity contribution in [2.75, 3.05) is 38.2 Å². The van der Waals surface area contributed by atoms with Gasteiger partial charge in [0.2, 0.25) is 0 Å². The SMILES string of the molecule is COc1cc(N2CCN(C(=O)NCc3ncoc3C)CC2)ccc1F. The van der Waals surface area contributed by atoms with Crippen LogP contribution < -0.4 is 15.0 Å². The minimum atomic E-state index is -0.382. The number of nitrogens with one attached hydrogen (secondary N) is 1. The van der Waals surface area contributed by atoms with Crippen LogP contribution in [0.1, 0.15) is 11.5 Å². The third-order valence-electron chi connectivity index (χ3n) is 4.32. The maximum absolute atomic E-state index is 13.5. The second-order valence-electron chi connectivity index (χ2n) is 5.81. The van der Waals surface area contributed by atoms with E-state index in [0.717, 1.165) is 11.4 Å². The highest BCUT2D eigenvalue weighted by atomic mass is 19.1. The minimum Gasteiger partial charge on any atom is -0.494 e. The van der Waals surface area contributed by atoms with Crippen LogP contribution in [0, 0.1) is 12.7 Å². The number of oxazole rings is 1. The zero-order valence-corrected chi connectivity index (χ0v) is 14.3. The highest BCUT2D eigenvalue weighted by Gasteiger charge is 2.22. The van der Waals surface area contributed by atoms with Crippen LogP contribution in [-0.2, 0) is 6.54 Å². The van der Waals surface area contributed by atoms with Crippen molar-refractivity contribution in [2.24, 2.45) is 0 Å². The van der Waals surface area contributed by atoms with E-state index in [9.17, 15) is 9.18 Å². The molecule has 2 aromatic rings. The maximum Gasteiger partial charge on any atom is 0.317 e. The van der Waals surface area contributed by atoms with Gasteiger partial charge in [-0.15, -0.1) is 0 Å². The van der Waals surface area contributed by atoms with Crippen LogP contribution in [0.15, 0.2) is 29.0 Å². The Balaban J connectivity index is 1.53. The number of aromatic nitrogens is 1. The lowest BCUT2D eigenvalue weighted by Crippen LogP contribution is -2.51. The Morgan fingerprint density at radius 2 is 2.12 bits per heavy atom. The number of amides is 2. The number of halogens is 1. The molecular weight excluding hydrogens is 327 g/mol. The van der Waals surface area contributed by atoms with Crippen LogP contribution in [0.2, 0.25) is 0 Å². The molecule has 2 amide bonds. The van der Waals surface area contributed by atoms with Crippen molar-refractivity contribution in [3.63, 3.8) is 0 Å². The lowest BCUT2D eigenvalue weighted by Gasteiger charge is -2.36. The van der Waals surface area contributed by atoms with Gasteiger partial charge >= 0.3 is 6.03 Å². The number of hydrogen-bond donors (Lipinski definition) is 1. The van der Waals surface area contributed by atoms with E-state index >= 15 is 0 Å². The van der Waals surface area contributed by atoms with Gasteiger partial charge in [0.1, 0.15) is 11.5 Å². The van der Waals surface area contributed by atoms with Gasteiger partial charge in [-0.1, -0.05) is 0 Å². The van der Waals surface area contributed by atoms with E-state index in [0.29, 0.717) is 38.5 Å². The summed E-state index contributed by atoms with van der Waals surface area (Å²) in [6.07, 6.45) is 1.37. The standard InChI is InChI=1S/C17H21FN4O3/c1-12-15(20-11-25-12)10-19-17(23)22-7-5-21(6-8-22)13-3-4-14(18)16(9-13)24-2/h3-4,9,11H,5-8,10H2,1-2H3,(H,19,23). The number of nitrogens with zero attached hydrogens (tertiary/aromatic N) is 3. The van der Waals surface area contributed by atoms with Gasteiger partial charge in [0.15, 0.2) is 18.0 Å². The van der Waals surface area contributed by atoms with E-state index in [4.69, 9.17) is 9.15 Å². The van der Waals surface area contributed by atoms with Crippen LogP contribution in [0.5, 0.6) is 5.75 Å². The number of methoxy groups -OCH3 is 1. The molecule has 25 heavy (non-hydrogen) atoms. The Morgan fingerprint density at radius 1 is 1.36 bits per heavy atom. The van der Waals surface area contributed by atoms with E-state index in [1.807, 2.05) is 6.92 Å². The van der Waals surface area contributed by atoms with Crippen molar-refractivity contribution in [1.82, 2.24) is 15.2 Å². The van der Waals surface area contributed by atoms with Gasteiger partial charge < -0.3 is 24.3 Å². The third kappa shape index (κ3) is 3.84. The molecule has 1 aromatic carbocycles. The molecule has 1 aliphatic rings. The van der Waals surface area contributed by atoms with Crippen LogP contribution in [-0.4, -0.2) is 49.2 Å². The largest absolute Gasteiger partial charge is 0.494 e. The summed E-state index contributed by atoms with van der Waals surface area (Å²) in [5.41, 5.74) is 1.61. The number of rotatable bonds is 4. The first kappa shape index (κ1) is 17.1. The van der Waals surface area contributed by atoms with E-state index in [1.54, 1.807) is 17.0 Å². The van der Waals surface area contributed by atoms with E-state index in [2.05, 4.69) is 15.2 Å². The van der Waals surface area contributed by atoms with Gasteiger partial charge in [0.05, 0.1) is 13.7 Å². The number of urea groups is 1. The molecule has 0 aliphatic carbocycles. The average Bonchev–Trinajstić information content (AvgIpc) is 3.05. The smallest absolute Gasteiger partial charge is 0.317 e. The zero-order valence-electron chi connectivity index (χ0n) is 14.3. The monoisotopic (exact) mass is 348 g/mol. The highest BCUT2D eigenvalue weighted by molar-refractivity contribution is 5.74. The van der Waals surface area contributed by atoms with Gasteiger partial charge in [-0.3, -0.25) is 0 Å². The number of piperazine rings is 1. The summed E-state index contributed by atoms with van der Waals surface area (Å²) in [6.45, 7) is 4.67. The fraction of sp³-hybridized carbons (Fsp3) is 0.412. The normalized spacial score (nSPS) is 14.5. The molecule has 0 spiro atoms. The number of carbonyl (C=O) groups excluding carboxylic acids is 1. The molecule has 134 valence electrons. The lowest BCUT2D eigenvalue weighted by molar-refractivity contribution is 0.193. The zero-order chi connectivity index (χ0) is 17.8.